The third-order valence-electron chi connectivity index (χ3n) is 3.19. The molecule has 0 aliphatic heterocycles. The molecule has 2 aromatic rings. The first-order valence-electron chi connectivity index (χ1n) is 6.44. The second kappa shape index (κ2) is 6.03. The molecule has 1 atom stereocenters. The summed E-state index contributed by atoms with van der Waals surface area (Å²) in [6, 6.07) is 4.11. The summed E-state index contributed by atoms with van der Waals surface area (Å²) >= 11 is 5.80. The molecule has 8 heteroatoms. The van der Waals surface area contributed by atoms with Gasteiger partial charge in [-0.2, -0.15) is 0 Å². The molecule has 0 aliphatic rings. The lowest BCUT2D eigenvalue weighted by Crippen LogP contribution is -2.31. The molecule has 6 nitrogen and oxygen atoms in total. The molecule has 1 heterocycles. The van der Waals surface area contributed by atoms with E-state index >= 15 is 0 Å². The fraction of sp³-hybridized carbons (Fsp3) is 0.385. The van der Waals surface area contributed by atoms with E-state index in [1.807, 2.05) is 13.8 Å². The Kier molecular flexibility index (Phi) is 4.53. The number of benzene rings is 1. The average Bonchev–Trinajstić information content (AvgIpc) is 2.79. The molecule has 0 bridgehead atoms. The Morgan fingerprint density at radius 3 is 2.86 bits per heavy atom. The molecule has 0 radical (unpaired) electrons. The van der Waals surface area contributed by atoms with Gasteiger partial charge in [0.15, 0.2) is 10.7 Å². The number of carbonyl (C=O) groups excluding carboxylic acids is 1. The number of hydrogen-bond acceptors (Lipinski definition) is 5. The van der Waals surface area contributed by atoms with Crippen LogP contribution in [0.4, 0.5) is 0 Å². The van der Waals surface area contributed by atoms with Crippen LogP contribution in [0.3, 0.4) is 0 Å². The zero-order valence-electron chi connectivity index (χ0n) is 11.6. The topological polar surface area (TPSA) is 89.3 Å². The molecule has 0 fully saturated rings. The Balaban J connectivity index is 2.25. The fourth-order valence-electron chi connectivity index (χ4n) is 1.77. The van der Waals surface area contributed by atoms with Crippen molar-refractivity contribution in [3.05, 3.63) is 23.4 Å². The van der Waals surface area contributed by atoms with Gasteiger partial charge in [0.25, 0.3) is 10.0 Å². The summed E-state index contributed by atoms with van der Waals surface area (Å²) in [4.78, 5) is 11.7. The predicted molar refractivity (Wildman–Crippen MR) is 78.4 cm³/mol. The highest BCUT2D eigenvalue weighted by Crippen LogP contribution is 2.25. The lowest BCUT2D eigenvalue weighted by atomic mass is 10.1. The van der Waals surface area contributed by atoms with Crippen molar-refractivity contribution in [2.75, 3.05) is 0 Å². The van der Waals surface area contributed by atoms with Gasteiger partial charge in [-0.25, -0.2) is 13.1 Å². The van der Waals surface area contributed by atoms with Gasteiger partial charge in [-0.05, 0) is 24.1 Å². The molecular formula is C13H15ClN2O4S. The lowest BCUT2D eigenvalue weighted by molar-refractivity contribution is -0.120. The molecule has 2 rings (SSSR count). The van der Waals surface area contributed by atoms with Crippen molar-refractivity contribution in [1.82, 2.24) is 9.88 Å². The maximum atomic E-state index is 12.2. The molecule has 0 spiro atoms. The second-order valence-electron chi connectivity index (χ2n) is 4.88. The number of rotatable bonds is 5. The Morgan fingerprint density at radius 2 is 2.19 bits per heavy atom. The van der Waals surface area contributed by atoms with Gasteiger partial charge in [0.1, 0.15) is 0 Å². The molecule has 1 amide bonds. The smallest absolute Gasteiger partial charge is 0.264 e. The van der Waals surface area contributed by atoms with E-state index in [0.717, 1.165) is 6.42 Å². The van der Waals surface area contributed by atoms with Gasteiger partial charge < -0.3 is 4.52 Å². The van der Waals surface area contributed by atoms with E-state index in [1.165, 1.54) is 18.2 Å². The van der Waals surface area contributed by atoms with Crippen LogP contribution in [0.15, 0.2) is 27.6 Å². The number of halogens is 1. The minimum Gasteiger partial charge on any atom is -0.355 e. The molecule has 1 unspecified atom stereocenters. The molecule has 0 saturated heterocycles. The number of aromatic nitrogens is 1. The van der Waals surface area contributed by atoms with E-state index < -0.39 is 15.9 Å². The van der Waals surface area contributed by atoms with Crippen molar-refractivity contribution >= 4 is 38.5 Å². The third kappa shape index (κ3) is 3.54. The van der Waals surface area contributed by atoms with E-state index in [4.69, 9.17) is 16.1 Å². The van der Waals surface area contributed by atoms with E-state index in [1.54, 1.807) is 0 Å². The van der Waals surface area contributed by atoms with Crippen LogP contribution >= 0.6 is 11.6 Å². The molecule has 21 heavy (non-hydrogen) atoms. The molecule has 1 aromatic carbocycles. The van der Waals surface area contributed by atoms with Crippen molar-refractivity contribution in [3.8, 4) is 0 Å². The van der Waals surface area contributed by atoms with Crippen LogP contribution in [0.2, 0.25) is 5.15 Å². The number of fused-ring (bicyclic) bond motifs is 1. The van der Waals surface area contributed by atoms with Crippen LogP contribution in [0.1, 0.15) is 26.7 Å². The zero-order chi connectivity index (χ0) is 15.6. The summed E-state index contributed by atoms with van der Waals surface area (Å²) in [7, 11) is -3.93. The van der Waals surface area contributed by atoms with Gasteiger partial charge >= 0.3 is 0 Å². The Bertz CT molecular complexity index is 770. The highest BCUT2D eigenvalue weighted by atomic mass is 35.5. The Morgan fingerprint density at radius 1 is 1.48 bits per heavy atom. The summed E-state index contributed by atoms with van der Waals surface area (Å²) in [6.45, 7) is 3.82. The lowest BCUT2D eigenvalue weighted by Gasteiger charge is -2.10. The van der Waals surface area contributed by atoms with Crippen molar-refractivity contribution in [3.63, 3.8) is 0 Å². The van der Waals surface area contributed by atoms with Crippen LogP contribution in [0.25, 0.3) is 11.0 Å². The highest BCUT2D eigenvalue weighted by Gasteiger charge is 2.20. The van der Waals surface area contributed by atoms with Gasteiger partial charge in [-0.15, -0.1) is 0 Å². The number of sulfonamides is 1. The van der Waals surface area contributed by atoms with E-state index in [0.29, 0.717) is 11.0 Å². The van der Waals surface area contributed by atoms with E-state index in [9.17, 15) is 13.2 Å². The Hall–Kier alpha value is -1.60. The van der Waals surface area contributed by atoms with Crippen LogP contribution in [-0.2, 0) is 14.8 Å². The monoisotopic (exact) mass is 330 g/mol. The highest BCUT2D eigenvalue weighted by molar-refractivity contribution is 7.90. The molecule has 1 aromatic heterocycles. The molecular weight excluding hydrogens is 316 g/mol. The number of hydrogen-bond donors (Lipinski definition) is 1. The van der Waals surface area contributed by atoms with Crippen LogP contribution in [0.5, 0.6) is 0 Å². The summed E-state index contributed by atoms with van der Waals surface area (Å²) in [6.07, 6.45) is 0.960. The first-order valence-corrected chi connectivity index (χ1v) is 8.30. The fourth-order valence-corrected chi connectivity index (χ4v) is 2.97. The van der Waals surface area contributed by atoms with Gasteiger partial charge in [-0.3, -0.25) is 4.79 Å². The first kappa shape index (κ1) is 15.8. The summed E-state index contributed by atoms with van der Waals surface area (Å²) < 4.78 is 31.3. The van der Waals surface area contributed by atoms with Crippen molar-refractivity contribution in [2.45, 2.75) is 31.6 Å². The molecule has 114 valence electrons. The minimum atomic E-state index is -3.93. The average molecular weight is 331 g/mol. The van der Waals surface area contributed by atoms with Crippen LogP contribution < -0.4 is 4.72 Å². The minimum absolute atomic E-state index is 0.0578. The summed E-state index contributed by atoms with van der Waals surface area (Å²) in [5.41, 5.74) is 0.380. The number of nitrogens with zero attached hydrogens (tertiary/aromatic N) is 1. The maximum Gasteiger partial charge on any atom is 0.264 e. The third-order valence-corrected chi connectivity index (χ3v) is 4.83. The normalized spacial score (nSPS) is 13.3. The standard InChI is InChI=1S/C13H15ClN2O4S/c1-3-8(2)6-12(17)16-21(18,19)9-4-5-11-10(7-9)13(14)15-20-11/h4-5,7-8H,3,6H2,1-2H3,(H,16,17). The van der Waals surface area contributed by atoms with Gasteiger partial charge in [0, 0.05) is 6.42 Å². The second-order valence-corrected chi connectivity index (χ2v) is 6.92. The molecule has 0 aliphatic carbocycles. The predicted octanol–water partition coefficient (Wildman–Crippen LogP) is 2.72. The summed E-state index contributed by atoms with van der Waals surface area (Å²) in [5, 5.41) is 4.00. The van der Waals surface area contributed by atoms with Crippen molar-refractivity contribution in [1.29, 1.82) is 0 Å². The Labute approximate surface area is 127 Å². The maximum absolute atomic E-state index is 12.2. The number of amides is 1. The van der Waals surface area contributed by atoms with Gasteiger partial charge in [-0.1, -0.05) is 37.0 Å². The van der Waals surface area contributed by atoms with Gasteiger partial charge in [0.05, 0.1) is 10.3 Å². The van der Waals surface area contributed by atoms with E-state index in [2.05, 4.69) is 9.88 Å². The largest absolute Gasteiger partial charge is 0.355 e. The summed E-state index contributed by atoms with van der Waals surface area (Å²) in [5.74, 6) is -0.406. The van der Waals surface area contributed by atoms with Crippen molar-refractivity contribution < 1.29 is 17.7 Å². The molecule has 1 N–H and O–H groups in total. The van der Waals surface area contributed by atoms with E-state index in [-0.39, 0.29) is 22.4 Å². The van der Waals surface area contributed by atoms with Gasteiger partial charge in [0.2, 0.25) is 5.91 Å². The quantitative estimate of drug-likeness (QED) is 0.910. The van der Waals surface area contributed by atoms with Crippen LogP contribution in [-0.4, -0.2) is 19.5 Å². The number of nitrogens with one attached hydrogen (secondary N) is 1. The first-order chi connectivity index (χ1) is 9.83. The SMILES string of the molecule is CCC(C)CC(=O)NS(=O)(=O)c1ccc2onc(Cl)c2c1. The van der Waals surface area contributed by atoms with Crippen molar-refractivity contribution in [2.24, 2.45) is 5.92 Å². The molecule has 0 saturated carbocycles. The number of carbonyl (C=O) groups is 1. The zero-order valence-corrected chi connectivity index (χ0v) is 13.2. The van der Waals surface area contributed by atoms with Crippen LogP contribution in [0, 0.1) is 5.92 Å².